The van der Waals surface area contributed by atoms with Crippen LogP contribution in [-0.4, -0.2) is 90.3 Å². The van der Waals surface area contributed by atoms with Crippen LogP contribution >= 0.6 is 11.6 Å². The number of amides is 1. The van der Waals surface area contributed by atoms with E-state index in [1.165, 1.54) is 0 Å². The van der Waals surface area contributed by atoms with E-state index in [1.54, 1.807) is 18.5 Å². The molecule has 2 fully saturated rings. The first-order chi connectivity index (χ1) is 15.1. The van der Waals surface area contributed by atoms with E-state index in [9.17, 15) is 4.79 Å². The van der Waals surface area contributed by atoms with Crippen molar-refractivity contribution in [3.8, 4) is 0 Å². The molecule has 2 aliphatic rings. The molecular weight excluding hydrogens is 418 g/mol. The zero-order valence-corrected chi connectivity index (χ0v) is 18.5. The smallest absolute Gasteiger partial charge is 0.255 e. The Bertz CT molecular complexity index is 914. The summed E-state index contributed by atoms with van der Waals surface area (Å²) in [4.78, 5) is 34.2. The summed E-state index contributed by atoms with van der Waals surface area (Å²) in [6.07, 6.45) is 5.49. The van der Waals surface area contributed by atoms with Crippen molar-refractivity contribution in [1.82, 2.24) is 19.9 Å². The Labute approximate surface area is 187 Å². The van der Waals surface area contributed by atoms with Gasteiger partial charge in [0, 0.05) is 65.3 Å². The molecule has 0 unspecified atom stereocenters. The lowest BCUT2D eigenvalue weighted by Gasteiger charge is -2.36. The number of carbonyl (C=O) groups is 1. The molecule has 1 amide bonds. The Morgan fingerprint density at radius 3 is 2.52 bits per heavy atom. The van der Waals surface area contributed by atoms with Crippen molar-refractivity contribution >= 4 is 35.1 Å². The predicted molar refractivity (Wildman–Crippen MR) is 121 cm³/mol. The molecule has 4 rings (SSSR count). The number of nitrogens with zero attached hydrogens (tertiary/aromatic N) is 7. The molecule has 166 valence electrons. The van der Waals surface area contributed by atoms with E-state index in [4.69, 9.17) is 16.7 Å². The highest BCUT2D eigenvalue weighted by molar-refractivity contribution is 6.33. The Kier molecular flexibility index (Phi) is 6.72. The van der Waals surface area contributed by atoms with Crippen molar-refractivity contribution in [1.29, 1.82) is 0 Å². The Hall–Kier alpha value is -2.65. The monoisotopic (exact) mass is 445 g/mol. The summed E-state index contributed by atoms with van der Waals surface area (Å²) in [6.45, 7) is 5.13. The number of piperazine rings is 1. The number of aliphatic hydroxyl groups excluding tert-OH is 1. The number of aliphatic hydroxyl groups is 1. The molecule has 0 bridgehead atoms. The van der Waals surface area contributed by atoms with Gasteiger partial charge < -0.3 is 24.7 Å². The summed E-state index contributed by atoms with van der Waals surface area (Å²) in [6, 6.07) is 3.57. The Balaban J connectivity index is 1.40. The highest BCUT2D eigenvalue weighted by Gasteiger charge is 2.24. The summed E-state index contributed by atoms with van der Waals surface area (Å²) < 4.78 is 0. The number of carbonyl (C=O) groups excluding carboxylic acids is 1. The SMILES string of the molecule is CN(CCO)c1ccnc(N2CCN(c3ncc(C(=O)N4CCCC4)cc3Cl)CC2)n1. The topological polar surface area (TPSA) is 88.9 Å². The molecule has 1 N–H and O–H groups in total. The van der Waals surface area contributed by atoms with Gasteiger partial charge in [0.25, 0.3) is 5.91 Å². The summed E-state index contributed by atoms with van der Waals surface area (Å²) in [5.41, 5.74) is 0.548. The van der Waals surface area contributed by atoms with Gasteiger partial charge in [-0.05, 0) is 25.0 Å². The fourth-order valence-corrected chi connectivity index (χ4v) is 4.26. The number of rotatable bonds is 6. The standard InChI is InChI=1S/C21H28ClN7O2/c1-26(12-13-30)18-4-5-23-21(25-18)29-10-8-27(9-11-29)19-17(22)14-16(15-24-19)20(31)28-6-2-3-7-28/h4-5,14-15,30H,2-3,6-13H2,1H3. The fraction of sp³-hybridized carbons (Fsp3) is 0.524. The number of pyridine rings is 1. The summed E-state index contributed by atoms with van der Waals surface area (Å²) in [5, 5.41) is 9.64. The molecule has 31 heavy (non-hydrogen) atoms. The second kappa shape index (κ2) is 9.65. The van der Waals surface area contributed by atoms with Gasteiger partial charge in [0.1, 0.15) is 11.6 Å². The van der Waals surface area contributed by atoms with E-state index in [2.05, 4.69) is 24.8 Å². The van der Waals surface area contributed by atoms with Crippen LogP contribution in [0.1, 0.15) is 23.2 Å². The third kappa shape index (κ3) is 4.83. The lowest BCUT2D eigenvalue weighted by molar-refractivity contribution is 0.0792. The first kappa shape index (κ1) is 21.6. The van der Waals surface area contributed by atoms with Crippen LogP contribution in [0.4, 0.5) is 17.6 Å². The number of hydrogen-bond acceptors (Lipinski definition) is 8. The van der Waals surface area contributed by atoms with E-state index >= 15 is 0 Å². The van der Waals surface area contributed by atoms with Crippen molar-refractivity contribution in [2.75, 3.05) is 74.2 Å². The van der Waals surface area contributed by atoms with Gasteiger partial charge in [-0.2, -0.15) is 4.98 Å². The van der Waals surface area contributed by atoms with Crippen LogP contribution in [0.2, 0.25) is 5.02 Å². The average Bonchev–Trinajstić information content (AvgIpc) is 3.34. The number of likely N-dealkylation sites (N-methyl/N-ethyl adjacent to an activating group) is 1. The number of halogens is 1. The quantitative estimate of drug-likeness (QED) is 0.715. The van der Waals surface area contributed by atoms with Crippen LogP contribution in [0.25, 0.3) is 0 Å². The van der Waals surface area contributed by atoms with Crippen LogP contribution in [0.3, 0.4) is 0 Å². The van der Waals surface area contributed by atoms with Gasteiger partial charge in [-0.1, -0.05) is 11.6 Å². The third-order valence-electron chi connectivity index (χ3n) is 5.78. The minimum Gasteiger partial charge on any atom is -0.395 e. The van der Waals surface area contributed by atoms with E-state index in [0.29, 0.717) is 28.9 Å². The highest BCUT2D eigenvalue weighted by atomic mass is 35.5. The minimum atomic E-state index is 0.00599. The molecule has 0 spiro atoms. The van der Waals surface area contributed by atoms with Gasteiger partial charge in [0.2, 0.25) is 5.95 Å². The molecule has 2 aliphatic heterocycles. The van der Waals surface area contributed by atoms with Gasteiger partial charge in [0.15, 0.2) is 0 Å². The van der Waals surface area contributed by atoms with Gasteiger partial charge >= 0.3 is 0 Å². The molecule has 0 aliphatic carbocycles. The Morgan fingerprint density at radius 2 is 1.84 bits per heavy atom. The molecule has 0 atom stereocenters. The molecule has 10 heteroatoms. The number of anilines is 3. The lowest BCUT2D eigenvalue weighted by Crippen LogP contribution is -2.47. The van der Waals surface area contributed by atoms with E-state index in [1.807, 2.05) is 22.9 Å². The summed E-state index contributed by atoms with van der Waals surface area (Å²) >= 11 is 6.51. The van der Waals surface area contributed by atoms with Gasteiger partial charge in [-0.3, -0.25) is 4.79 Å². The lowest BCUT2D eigenvalue weighted by atomic mass is 10.2. The molecule has 2 aromatic heterocycles. The molecular formula is C21H28ClN7O2. The number of hydrogen-bond donors (Lipinski definition) is 1. The second-order valence-corrected chi connectivity index (χ2v) is 8.27. The molecule has 2 saturated heterocycles. The molecule has 9 nitrogen and oxygen atoms in total. The molecule has 4 heterocycles. The van der Waals surface area contributed by atoms with Crippen LogP contribution in [0.15, 0.2) is 24.5 Å². The van der Waals surface area contributed by atoms with Crippen LogP contribution in [-0.2, 0) is 0 Å². The van der Waals surface area contributed by atoms with Crippen molar-refractivity contribution in [3.05, 3.63) is 35.1 Å². The Morgan fingerprint density at radius 1 is 1.13 bits per heavy atom. The zero-order chi connectivity index (χ0) is 21.8. The van der Waals surface area contributed by atoms with Gasteiger partial charge in [-0.25, -0.2) is 9.97 Å². The maximum atomic E-state index is 12.6. The average molecular weight is 446 g/mol. The van der Waals surface area contributed by atoms with Crippen molar-refractivity contribution in [2.24, 2.45) is 0 Å². The molecule has 0 radical (unpaired) electrons. The molecule has 0 saturated carbocycles. The zero-order valence-electron chi connectivity index (χ0n) is 17.7. The predicted octanol–water partition coefficient (Wildman–Crippen LogP) is 1.52. The first-order valence-electron chi connectivity index (χ1n) is 10.7. The molecule has 2 aromatic rings. The third-order valence-corrected chi connectivity index (χ3v) is 6.06. The normalized spacial score (nSPS) is 16.7. The highest BCUT2D eigenvalue weighted by Crippen LogP contribution is 2.27. The van der Waals surface area contributed by atoms with E-state index in [0.717, 1.165) is 57.9 Å². The van der Waals surface area contributed by atoms with Crippen molar-refractivity contribution in [3.63, 3.8) is 0 Å². The van der Waals surface area contributed by atoms with E-state index in [-0.39, 0.29) is 12.5 Å². The van der Waals surface area contributed by atoms with Crippen molar-refractivity contribution < 1.29 is 9.90 Å². The van der Waals surface area contributed by atoms with Crippen LogP contribution in [0.5, 0.6) is 0 Å². The first-order valence-corrected chi connectivity index (χ1v) is 11.0. The summed E-state index contributed by atoms with van der Waals surface area (Å²) in [7, 11) is 1.89. The van der Waals surface area contributed by atoms with Crippen molar-refractivity contribution in [2.45, 2.75) is 12.8 Å². The van der Waals surface area contributed by atoms with E-state index < -0.39 is 0 Å². The number of likely N-dealkylation sites (tertiary alicyclic amines) is 1. The summed E-state index contributed by atoms with van der Waals surface area (Å²) in [5.74, 6) is 2.17. The van der Waals surface area contributed by atoms with Crippen LogP contribution < -0.4 is 14.7 Å². The maximum Gasteiger partial charge on any atom is 0.255 e. The maximum absolute atomic E-state index is 12.6. The van der Waals surface area contributed by atoms with Gasteiger partial charge in [-0.15, -0.1) is 0 Å². The second-order valence-electron chi connectivity index (χ2n) is 7.86. The van der Waals surface area contributed by atoms with Gasteiger partial charge in [0.05, 0.1) is 17.2 Å². The molecule has 0 aromatic carbocycles. The minimum absolute atomic E-state index is 0.00599. The van der Waals surface area contributed by atoms with Crippen LogP contribution in [0, 0.1) is 0 Å². The largest absolute Gasteiger partial charge is 0.395 e. The number of aromatic nitrogens is 3. The fourth-order valence-electron chi connectivity index (χ4n) is 3.97.